The van der Waals surface area contributed by atoms with E-state index in [1.165, 1.54) is 0 Å². The van der Waals surface area contributed by atoms with Gasteiger partial charge in [0, 0.05) is 5.57 Å². The van der Waals surface area contributed by atoms with E-state index in [1.807, 2.05) is 50.3 Å². The van der Waals surface area contributed by atoms with E-state index in [0.29, 0.717) is 12.0 Å². The van der Waals surface area contributed by atoms with Gasteiger partial charge in [-0.2, -0.15) is 0 Å². The minimum atomic E-state index is -3.71. The summed E-state index contributed by atoms with van der Waals surface area (Å²) in [4.78, 5) is 13.2. The van der Waals surface area contributed by atoms with Gasteiger partial charge < -0.3 is 0 Å². The number of Topliss-reactive ketones (excluding diaryl/α,β-unsaturated/α-hetero) is 1. The topological polar surface area (TPSA) is 51.2 Å². The van der Waals surface area contributed by atoms with Crippen LogP contribution < -0.4 is 0 Å². The van der Waals surface area contributed by atoms with Crippen molar-refractivity contribution in [1.82, 2.24) is 0 Å². The molecule has 4 heteroatoms. The number of ketones is 1. The van der Waals surface area contributed by atoms with Gasteiger partial charge in [-0.15, -0.1) is 0 Å². The second-order valence-corrected chi connectivity index (χ2v) is 8.41. The van der Waals surface area contributed by atoms with E-state index in [2.05, 4.69) is 0 Å². The average Bonchev–Trinajstić information content (AvgIpc) is 2.56. The van der Waals surface area contributed by atoms with Gasteiger partial charge in [0.25, 0.3) is 0 Å². The highest BCUT2D eigenvalue weighted by Crippen LogP contribution is 2.34. The van der Waals surface area contributed by atoms with Crippen LogP contribution in [0, 0.1) is 12.8 Å². The van der Waals surface area contributed by atoms with Crippen molar-refractivity contribution < 1.29 is 13.2 Å². The molecule has 0 heterocycles. The lowest BCUT2D eigenvalue weighted by atomic mass is 9.86. The first-order valence-electron chi connectivity index (χ1n) is 8.01. The van der Waals surface area contributed by atoms with Gasteiger partial charge in [0.2, 0.25) is 0 Å². The summed E-state index contributed by atoms with van der Waals surface area (Å²) in [6.45, 7) is 3.73. The number of carbonyl (C=O) groups is 1. The molecule has 2 aromatic rings. The van der Waals surface area contributed by atoms with E-state index < -0.39 is 15.1 Å². The Bertz CT molecular complexity index is 878. The molecule has 0 aromatic heterocycles. The lowest BCUT2D eigenvalue weighted by Crippen LogP contribution is -2.39. The van der Waals surface area contributed by atoms with Gasteiger partial charge in [0.05, 0.1) is 4.90 Å². The fraction of sp³-hybridized carbons (Fsp3) is 0.250. The summed E-state index contributed by atoms with van der Waals surface area (Å²) in [7, 11) is -3.71. The van der Waals surface area contributed by atoms with Gasteiger partial charge in [-0.05, 0) is 37.0 Å². The number of benzene rings is 2. The van der Waals surface area contributed by atoms with Crippen LogP contribution in [0.3, 0.4) is 0 Å². The van der Waals surface area contributed by atoms with E-state index in [0.717, 1.165) is 11.1 Å². The van der Waals surface area contributed by atoms with Crippen LogP contribution in [0.15, 0.2) is 65.6 Å². The van der Waals surface area contributed by atoms with Crippen LogP contribution in [0.5, 0.6) is 0 Å². The molecule has 124 valence electrons. The minimum Gasteiger partial charge on any atom is -0.293 e. The fourth-order valence-corrected chi connectivity index (χ4v) is 5.08. The van der Waals surface area contributed by atoms with Crippen molar-refractivity contribution in [2.75, 3.05) is 0 Å². The standard InChI is InChI=1S/C20H20O3S/c1-14-8-11-17(12-9-14)24(22,23)20-15(2)10-13-18(19(20)21)16-6-4-3-5-7-16/h3-9,11-13,15,20H,10H2,1-2H3/t15-,20+/m1/s1. The first-order valence-corrected chi connectivity index (χ1v) is 9.56. The molecule has 1 aliphatic rings. The molecule has 0 radical (unpaired) electrons. The Morgan fingerprint density at radius 2 is 1.58 bits per heavy atom. The molecular weight excluding hydrogens is 320 g/mol. The Hall–Kier alpha value is -2.20. The summed E-state index contributed by atoms with van der Waals surface area (Å²) in [5, 5.41) is -1.03. The Balaban J connectivity index is 2.03. The fourth-order valence-electron chi connectivity index (χ4n) is 3.14. The van der Waals surface area contributed by atoms with Gasteiger partial charge in [-0.3, -0.25) is 4.79 Å². The summed E-state index contributed by atoms with van der Waals surface area (Å²) in [5.74, 6) is -0.545. The molecule has 0 aliphatic heterocycles. The molecule has 0 saturated carbocycles. The molecule has 0 saturated heterocycles. The Kier molecular flexibility index (Phi) is 4.41. The second-order valence-electron chi connectivity index (χ2n) is 6.34. The first kappa shape index (κ1) is 16.7. The molecule has 2 aromatic carbocycles. The summed E-state index contributed by atoms with van der Waals surface area (Å²) in [6.07, 6.45) is 2.44. The monoisotopic (exact) mass is 340 g/mol. The van der Waals surface area contributed by atoms with E-state index in [1.54, 1.807) is 24.3 Å². The summed E-state index contributed by atoms with van der Waals surface area (Å²) < 4.78 is 26.1. The number of rotatable bonds is 3. The zero-order chi connectivity index (χ0) is 17.3. The molecule has 1 aliphatic carbocycles. The third-order valence-electron chi connectivity index (χ3n) is 4.50. The molecule has 3 rings (SSSR count). The minimum absolute atomic E-state index is 0.215. The van der Waals surface area contributed by atoms with E-state index in [-0.39, 0.29) is 16.6 Å². The van der Waals surface area contributed by atoms with Crippen LogP contribution in [0.25, 0.3) is 5.57 Å². The summed E-state index contributed by atoms with van der Waals surface area (Å²) >= 11 is 0. The van der Waals surface area contributed by atoms with E-state index in [9.17, 15) is 13.2 Å². The molecule has 0 N–H and O–H groups in total. The lowest BCUT2D eigenvalue weighted by Gasteiger charge is -2.27. The number of sulfone groups is 1. The van der Waals surface area contributed by atoms with Crippen molar-refractivity contribution in [1.29, 1.82) is 0 Å². The van der Waals surface area contributed by atoms with Crippen LogP contribution in [0.4, 0.5) is 0 Å². The molecule has 0 unspecified atom stereocenters. The molecule has 0 amide bonds. The van der Waals surface area contributed by atoms with Gasteiger partial charge in [-0.1, -0.05) is 61.0 Å². The Labute approximate surface area is 142 Å². The summed E-state index contributed by atoms with van der Waals surface area (Å²) in [5.41, 5.74) is 2.27. The van der Waals surface area contributed by atoms with Crippen LogP contribution in [-0.2, 0) is 14.6 Å². The quantitative estimate of drug-likeness (QED) is 0.853. The van der Waals surface area contributed by atoms with Crippen molar-refractivity contribution in [3.8, 4) is 0 Å². The number of hydrogen-bond acceptors (Lipinski definition) is 3. The lowest BCUT2D eigenvalue weighted by molar-refractivity contribution is -0.114. The highest BCUT2D eigenvalue weighted by Gasteiger charge is 2.41. The molecule has 0 bridgehead atoms. The zero-order valence-electron chi connectivity index (χ0n) is 13.8. The SMILES string of the molecule is Cc1ccc(S(=O)(=O)[C@@H]2C(=O)C(c3ccccc3)=CC[C@H]2C)cc1. The van der Waals surface area contributed by atoms with Gasteiger partial charge >= 0.3 is 0 Å². The van der Waals surface area contributed by atoms with E-state index in [4.69, 9.17) is 0 Å². The van der Waals surface area contributed by atoms with Crippen LogP contribution in [0.1, 0.15) is 24.5 Å². The predicted octanol–water partition coefficient (Wildman–Crippen LogP) is 3.83. The molecule has 0 spiro atoms. The number of carbonyl (C=O) groups excluding carboxylic acids is 1. The smallest absolute Gasteiger partial charge is 0.188 e. The van der Waals surface area contributed by atoms with Crippen LogP contribution in [0.2, 0.25) is 0 Å². The largest absolute Gasteiger partial charge is 0.293 e. The van der Waals surface area contributed by atoms with Gasteiger partial charge in [-0.25, -0.2) is 8.42 Å². The Morgan fingerprint density at radius 3 is 2.21 bits per heavy atom. The first-order chi connectivity index (χ1) is 11.4. The van der Waals surface area contributed by atoms with E-state index >= 15 is 0 Å². The zero-order valence-corrected chi connectivity index (χ0v) is 14.6. The second kappa shape index (κ2) is 6.36. The number of aryl methyl sites for hydroxylation is 1. The van der Waals surface area contributed by atoms with Crippen molar-refractivity contribution in [2.45, 2.75) is 30.4 Å². The van der Waals surface area contributed by atoms with Crippen molar-refractivity contribution >= 4 is 21.2 Å². The summed E-state index contributed by atoms with van der Waals surface area (Å²) in [6, 6.07) is 16.0. The van der Waals surface area contributed by atoms with Crippen molar-refractivity contribution in [2.24, 2.45) is 5.92 Å². The molecule has 3 nitrogen and oxygen atoms in total. The van der Waals surface area contributed by atoms with Gasteiger partial charge in [0.1, 0.15) is 5.25 Å². The number of hydrogen-bond donors (Lipinski definition) is 0. The molecule has 24 heavy (non-hydrogen) atoms. The third kappa shape index (κ3) is 2.94. The maximum absolute atomic E-state index is 13.0. The third-order valence-corrected chi connectivity index (χ3v) is 6.78. The molecule has 0 fully saturated rings. The highest BCUT2D eigenvalue weighted by atomic mass is 32.2. The number of allylic oxidation sites excluding steroid dienone is 2. The highest BCUT2D eigenvalue weighted by molar-refractivity contribution is 7.93. The maximum Gasteiger partial charge on any atom is 0.188 e. The molecular formula is C20H20O3S. The van der Waals surface area contributed by atoms with Gasteiger partial charge in [0.15, 0.2) is 15.6 Å². The van der Waals surface area contributed by atoms with Crippen LogP contribution in [-0.4, -0.2) is 19.5 Å². The normalized spacial score (nSPS) is 21.4. The van der Waals surface area contributed by atoms with Crippen LogP contribution >= 0.6 is 0 Å². The maximum atomic E-state index is 13.0. The van der Waals surface area contributed by atoms with Crippen molar-refractivity contribution in [3.05, 3.63) is 71.8 Å². The molecule has 2 atom stereocenters. The predicted molar refractivity (Wildman–Crippen MR) is 95.4 cm³/mol. The average molecular weight is 340 g/mol. The van der Waals surface area contributed by atoms with Crippen molar-refractivity contribution in [3.63, 3.8) is 0 Å². The Morgan fingerprint density at radius 1 is 0.958 bits per heavy atom.